The number of aliphatic hydroxyl groups excluding tert-OH is 1. The average Bonchev–Trinajstić information content (AvgIpc) is 2.37. The highest BCUT2D eigenvalue weighted by atomic mass is 16.3. The van der Waals surface area contributed by atoms with Gasteiger partial charge in [-0.15, -0.1) is 6.58 Å². The highest BCUT2D eigenvalue weighted by Gasteiger charge is 2.36. The third kappa shape index (κ3) is 2.58. The van der Waals surface area contributed by atoms with Gasteiger partial charge in [0.25, 0.3) is 5.91 Å². The summed E-state index contributed by atoms with van der Waals surface area (Å²) < 4.78 is 0. The zero-order chi connectivity index (χ0) is 14.0. The van der Waals surface area contributed by atoms with E-state index in [4.69, 9.17) is 0 Å². The van der Waals surface area contributed by atoms with E-state index in [0.29, 0.717) is 17.5 Å². The lowest BCUT2D eigenvalue weighted by Crippen LogP contribution is -2.43. The molecular weight excluding hydrogens is 242 g/mol. The number of nitrogens with one attached hydrogen (secondary N) is 1. The molecule has 1 aromatic carbocycles. The minimum absolute atomic E-state index is 0.200. The summed E-state index contributed by atoms with van der Waals surface area (Å²) in [6, 6.07) is 7.06. The first-order valence-corrected chi connectivity index (χ1v) is 6.29. The van der Waals surface area contributed by atoms with Gasteiger partial charge in [-0.1, -0.05) is 24.3 Å². The minimum atomic E-state index is -0.527. The van der Waals surface area contributed by atoms with Crippen LogP contribution in [0.1, 0.15) is 35.2 Å². The van der Waals surface area contributed by atoms with Gasteiger partial charge in [-0.2, -0.15) is 0 Å². The fourth-order valence-corrected chi connectivity index (χ4v) is 2.56. The number of benzene rings is 1. The number of rotatable bonds is 4. The van der Waals surface area contributed by atoms with Crippen LogP contribution in [0, 0.1) is 5.92 Å². The second-order valence-electron chi connectivity index (χ2n) is 4.87. The Balaban J connectivity index is 2.44. The highest BCUT2D eigenvalue weighted by Crippen LogP contribution is 2.34. The molecule has 1 aliphatic heterocycles. The van der Waals surface area contributed by atoms with E-state index in [2.05, 4.69) is 11.9 Å². The Morgan fingerprint density at radius 2 is 2.11 bits per heavy atom. The Bertz CT molecular complexity index is 522. The molecule has 0 spiro atoms. The van der Waals surface area contributed by atoms with Crippen molar-refractivity contribution in [2.75, 3.05) is 0 Å². The van der Waals surface area contributed by atoms with Crippen LogP contribution in [0.15, 0.2) is 36.9 Å². The first kappa shape index (κ1) is 13.5. The van der Waals surface area contributed by atoms with E-state index in [1.54, 1.807) is 37.3 Å². The lowest BCUT2D eigenvalue weighted by molar-refractivity contribution is -0.122. The average molecular weight is 259 g/mol. The number of hydrogen-bond donors (Lipinski definition) is 2. The highest BCUT2D eigenvalue weighted by molar-refractivity contribution is 6.11. The fraction of sp³-hybridized carbons (Fsp3) is 0.333. The predicted molar refractivity (Wildman–Crippen MR) is 71.6 cm³/mol. The van der Waals surface area contributed by atoms with E-state index >= 15 is 0 Å². The van der Waals surface area contributed by atoms with Gasteiger partial charge < -0.3 is 5.11 Å². The monoisotopic (exact) mass is 259 g/mol. The first-order chi connectivity index (χ1) is 9.04. The van der Waals surface area contributed by atoms with Gasteiger partial charge in [0.1, 0.15) is 0 Å². The Labute approximate surface area is 112 Å². The molecule has 2 N–H and O–H groups in total. The Hall–Kier alpha value is -1.94. The standard InChI is InChI=1S/C15H17NO3/c1-3-10(8-9(2)17)13-11-6-4-5-7-12(11)14(18)16-15(13)19/h3-7,9-10,13,17H,1,8H2,2H3,(H,16,18,19). The second kappa shape index (κ2) is 5.36. The molecule has 0 saturated heterocycles. The molecule has 0 bridgehead atoms. The minimum Gasteiger partial charge on any atom is -0.393 e. The predicted octanol–water partition coefficient (Wildman–Crippen LogP) is 1.61. The number of hydrogen-bond acceptors (Lipinski definition) is 3. The van der Waals surface area contributed by atoms with Crippen LogP contribution in [0.4, 0.5) is 0 Å². The topological polar surface area (TPSA) is 66.4 Å². The van der Waals surface area contributed by atoms with Crippen molar-refractivity contribution in [3.8, 4) is 0 Å². The molecule has 100 valence electrons. The maximum absolute atomic E-state index is 12.1. The van der Waals surface area contributed by atoms with Crippen LogP contribution < -0.4 is 5.32 Å². The summed E-state index contributed by atoms with van der Waals surface area (Å²) in [6.07, 6.45) is 1.58. The van der Waals surface area contributed by atoms with Crippen molar-refractivity contribution < 1.29 is 14.7 Å². The quantitative estimate of drug-likeness (QED) is 0.637. The van der Waals surface area contributed by atoms with Crippen molar-refractivity contribution in [1.29, 1.82) is 0 Å². The molecule has 1 aliphatic rings. The molecule has 0 aromatic heterocycles. The van der Waals surface area contributed by atoms with Crippen LogP contribution in [0.5, 0.6) is 0 Å². The van der Waals surface area contributed by atoms with Crippen LogP contribution in [-0.2, 0) is 4.79 Å². The molecule has 2 amide bonds. The zero-order valence-electron chi connectivity index (χ0n) is 10.8. The van der Waals surface area contributed by atoms with Crippen molar-refractivity contribution in [3.63, 3.8) is 0 Å². The van der Waals surface area contributed by atoms with Gasteiger partial charge in [0.05, 0.1) is 12.0 Å². The van der Waals surface area contributed by atoms with Gasteiger partial charge in [-0.05, 0) is 30.9 Å². The lowest BCUT2D eigenvalue weighted by atomic mass is 9.78. The summed E-state index contributed by atoms with van der Waals surface area (Å²) >= 11 is 0. The van der Waals surface area contributed by atoms with E-state index in [9.17, 15) is 14.7 Å². The maximum atomic E-state index is 12.1. The van der Waals surface area contributed by atoms with Gasteiger partial charge in [0.15, 0.2) is 0 Å². The summed E-state index contributed by atoms with van der Waals surface area (Å²) in [5.74, 6) is -1.36. The van der Waals surface area contributed by atoms with Crippen LogP contribution in [0.2, 0.25) is 0 Å². The summed E-state index contributed by atoms with van der Waals surface area (Å²) in [6.45, 7) is 5.41. The third-order valence-corrected chi connectivity index (χ3v) is 3.40. The molecule has 0 radical (unpaired) electrons. The Kier molecular flexibility index (Phi) is 3.81. The van der Waals surface area contributed by atoms with E-state index in [1.165, 1.54) is 0 Å². The number of amides is 2. The van der Waals surface area contributed by atoms with E-state index in [0.717, 1.165) is 0 Å². The van der Waals surface area contributed by atoms with Gasteiger partial charge >= 0.3 is 0 Å². The number of carbonyl (C=O) groups is 2. The Morgan fingerprint density at radius 3 is 2.74 bits per heavy atom. The van der Waals surface area contributed by atoms with Crippen LogP contribution in [-0.4, -0.2) is 23.0 Å². The number of carbonyl (C=O) groups excluding carboxylic acids is 2. The molecule has 4 heteroatoms. The van der Waals surface area contributed by atoms with Crippen molar-refractivity contribution in [2.45, 2.75) is 25.4 Å². The SMILES string of the molecule is C=CC(CC(C)O)C1C(=O)NC(=O)c2ccccc21. The fourth-order valence-electron chi connectivity index (χ4n) is 2.56. The molecular formula is C15H17NO3. The summed E-state index contributed by atoms with van der Waals surface area (Å²) in [5, 5.41) is 11.9. The molecule has 0 aliphatic carbocycles. The molecule has 3 unspecified atom stereocenters. The number of fused-ring (bicyclic) bond motifs is 1. The molecule has 19 heavy (non-hydrogen) atoms. The number of allylic oxidation sites excluding steroid dienone is 1. The van der Waals surface area contributed by atoms with Crippen molar-refractivity contribution in [1.82, 2.24) is 5.32 Å². The smallest absolute Gasteiger partial charge is 0.258 e. The number of aliphatic hydroxyl groups is 1. The van der Waals surface area contributed by atoms with Crippen LogP contribution >= 0.6 is 0 Å². The molecule has 1 heterocycles. The van der Waals surface area contributed by atoms with Crippen molar-refractivity contribution in [3.05, 3.63) is 48.0 Å². The second-order valence-corrected chi connectivity index (χ2v) is 4.87. The molecule has 0 fully saturated rings. The van der Waals surface area contributed by atoms with Crippen molar-refractivity contribution >= 4 is 11.8 Å². The van der Waals surface area contributed by atoms with Crippen LogP contribution in [0.25, 0.3) is 0 Å². The van der Waals surface area contributed by atoms with Crippen LogP contribution in [0.3, 0.4) is 0 Å². The molecule has 3 atom stereocenters. The molecule has 0 saturated carbocycles. The molecule has 1 aromatic rings. The van der Waals surface area contributed by atoms with Gasteiger partial charge in [0, 0.05) is 5.56 Å². The molecule has 4 nitrogen and oxygen atoms in total. The third-order valence-electron chi connectivity index (χ3n) is 3.40. The summed E-state index contributed by atoms with van der Waals surface area (Å²) in [5.41, 5.74) is 1.23. The Morgan fingerprint density at radius 1 is 1.42 bits per heavy atom. The van der Waals surface area contributed by atoms with E-state index < -0.39 is 12.0 Å². The summed E-state index contributed by atoms with van der Waals surface area (Å²) in [4.78, 5) is 23.9. The first-order valence-electron chi connectivity index (χ1n) is 6.29. The molecule has 2 rings (SSSR count). The van der Waals surface area contributed by atoms with E-state index in [1.807, 2.05) is 0 Å². The largest absolute Gasteiger partial charge is 0.393 e. The maximum Gasteiger partial charge on any atom is 0.258 e. The summed E-state index contributed by atoms with van der Waals surface area (Å²) in [7, 11) is 0. The van der Waals surface area contributed by atoms with Gasteiger partial charge in [-0.25, -0.2) is 0 Å². The van der Waals surface area contributed by atoms with Gasteiger partial charge in [0.2, 0.25) is 5.91 Å². The van der Waals surface area contributed by atoms with E-state index in [-0.39, 0.29) is 17.7 Å². The number of imide groups is 1. The van der Waals surface area contributed by atoms with Gasteiger partial charge in [-0.3, -0.25) is 14.9 Å². The normalized spacial score (nSPS) is 21.3. The lowest BCUT2D eigenvalue weighted by Gasteiger charge is -2.29. The zero-order valence-corrected chi connectivity index (χ0v) is 10.8. The van der Waals surface area contributed by atoms with Crippen molar-refractivity contribution in [2.24, 2.45) is 5.92 Å².